The summed E-state index contributed by atoms with van der Waals surface area (Å²) in [7, 11) is 0. The topological polar surface area (TPSA) is 82.7 Å². The summed E-state index contributed by atoms with van der Waals surface area (Å²) in [5.74, 6) is 2.34. The molecule has 0 aromatic carbocycles. The van der Waals surface area contributed by atoms with E-state index < -0.39 is 0 Å². The number of rotatable bonds is 5. The molecule has 2 N–H and O–H groups in total. The normalized spacial score (nSPS) is 17.8. The Balaban J connectivity index is 1.68. The molecule has 2 aromatic rings. The first-order valence-electron chi connectivity index (χ1n) is 8.73. The van der Waals surface area contributed by atoms with Crippen LogP contribution in [0.4, 0.5) is 5.82 Å². The summed E-state index contributed by atoms with van der Waals surface area (Å²) in [5, 5.41) is 14.7. The first-order valence-corrected chi connectivity index (χ1v) is 8.73. The number of guanidine groups is 1. The predicted octanol–water partition coefficient (Wildman–Crippen LogP) is 0.916. The van der Waals surface area contributed by atoms with Crippen molar-refractivity contribution in [2.24, 2.45) is 10.9 Å². The first kappa shape index (κ1) is 16.5. The third kappa shape index (κ3) is 3.74. The molecule has 1 atom stereocenters. The molecule has 0 saturated carbocycles. The predicted molar refractivity (Wildman–Crippen MR) is 95.4 cm³/mol. The molecule has 0 bridgehead atoms. The summed E-state index contributed by atoms with van der Waals surface area (Å²) in [4.78, 5) is 11.6. The van der Waals surface area contributed by atoms with Crippen molar-refractivity contribution < 1.29 is 0 Å². The first-order chi connectivity index (χ1) is 11.8. The molecule has 0 amide bonds. The molecule has 130 valence electrons. The zero-order chi connectivity index (χ0) is 16.8. The van der Waals surface area contributed by atoms with Gasteiger partial charge in [0.1, 0.15) is 6.33 Å². The number of nitrogens with one attached hydrogen (secondary N) is 2. The van der Waals surface area contributed by atoms with E-state index in [2.05, 4.69) is 44.6 Å². The molecule has 3 heterocycles. The summed E-state index contributed by atoms with van der Waals surface area (Å²) in [6.07, 6.45) is 7.74. The van der Waals surface area contributed by atoms with E-state index >= 15 is 0 Å². The van der Waals surface area contributed by atoms with Crippen molar-refractivity contribution in [3.05, 3.63) is 18.7 Å². The van der Waals surface area contributed by atoms with Crippen molar-refractivity contribution in [3.8, 4) is 0 Å². The lowest BCUT2D eigenvalue weighted by atomic mass is 9.98. The molecule has 24 heavy (non-hydrogen) atoms. The molecule has 1 saturated heterocycles. The lowest BCUT2D eigenvalue weighted by Gasteiger charge is -2.32. The zero-order valence-electron chi connectivity index (χ0n) is 14.4. The summed E-state index contributed by atoms with van der Waals surface area (Å²) >= 11 is 0. The van der Waals surface area contributed by atoms with E-state index in [1.807, 2.05) is 16.8 Å². The van der Waals surface area contributed by atoms with Crippen LogP contribution in [0.1, 0.15) is 26.7 Å². The molecule has 0 spiro atoms. The molecule has 1 aliphatic heterocycles. The van der Waals surface area contributed by atoms with Gasteiger partial charge in [0.2, 0.25) is 5.65 Å². The van der Waals surface area contributed by atoms with Crippen molar-refractivity contribution in [1.82, 2.24) is 30.2 Å². The van der Waals surface area contributed by atoms with Crippen LogP contribution in [0.2, 0.25) is 0 Å². The van der Waals surface area contributed by atoms with Gasteiger partial charge in [-0.05, 0) is 32.6 Å². The fraction of sp³-hybridized carbons (Fsp3) is 0.625. The van der Waals surface area contributed by atoms with Gasteiger partial charge in [-0.25, -0.2) is 4.98 Å². The average Bonchev–Trinajstić information content (AvgIpc) is 3.09. The van der Waals surface area contributed by atoms with Crippen LogP contribution in [0.5, 0.6) is 0 Å². The maximum atomic E-state index is 4.72. The minimum atomic E-state index is 0.524. The van der Waals surface area contributed by atoms with Gasteiger partial charge in [0.25, 0.3) is 0 Å². The SMILES string of the molecule is CCNC(=NCC1CCCN(c2nccn3cnnc23)C1)NCC. The lowest BCUT2D eigenvalue weighted by molar-refractivity contribution is 0.422. The molecule has 3 rings (SSSR count). The number of anilines is 1. The molecule has 0 aliphatic carbocycles. The van der Waals surface area contributed by atoms with E-state index in [1.54, 1.807) is 6.33 Å². The van der Waals surface area contributed by atoms with Crippen LogP contribution in [0.25, 0.3) is 5.65 Å². The number of nitrogens with zero attached hydrogens (tertiary/aromatic N) is 6. The Morgan fingerprint density at radius 2 is 2.17 bits per heavy atom. The fourth-order valence-corrected chi connectivity index (χ4v) is 3.10. The van der Waals surface area contributed by atoms with Gasteiger partial charge >= 0.3 is 0 Å². The highest BCUT2D eigenvalue weighted by Crippen LogP contribution is 2.24. The van der Waals surface area contributed by atoms with E-state index in [1.165, 1.54) is 6.42 Å². The van der Waals surface area contributed by atoms with Crippen LogP contribution in [0.15, 0.2) is 23.7 Å². The highest BCUT2D eigenvalue weighted by atomic mass is 15.3. The van der Waals surface area contributed by atoms with Gasteiger partial charge in [0.15, 0.2) is 11.8 Å². The van der Waals surface area contributed by atoms with Crippen LogP contribution in [0, 0.1) is 5.92 Å². The molecule has 2 aromatic heterocycles. The molecular weight excluding hydrogens is 304 g/mol. The van der Waals surface area contributed by atoms with Gasteiger partial charge in [-0.1, -0.05) is 0 Å². The molecule has 1 unspecified atom stereocenters. The Labute approximate surface area is 142 Å². The van der Waals surface area contributed by atoms with E-state index in [0.717, 1.165) is 56.6 Å². The molecular formula is C16H26N8. The number of piperidine rings is 1. The monoisotopic (exact) mass is 330 g/mol. The number of aliphatic imine (C=N–C) groups is 1. The highest BCUT2D eigenvalue weighted by Gasteiger charge is 2.23. The summed E-state index contributed by atoms with van der Waals surface area (Å²) in [6.45, 7) is 8.70. The van der Waals surface area contributed by atoms with Crippen molar-refractivity contribution in [2.45, 2.75) is 26.7 Å². The van der Waals surface area contributed by atoms with E-state index in [0.29, 0.717) is 5.92 Å². The quantitative estimate of drug-likeness (QED) is 0.626. The van der Waals surface area contributed by atoms with E-state index in [4.69, 9.17) is 4.99 Å². The standard InChI is InChI=1S/C16H26N8/c1-3-17-16(18-4-2)20-10-13-6-5-8-23(11-13)14-15-22-21-12-24(15)9-7-19-14/h7,9,12-13H,3-6,8,10-11H2,1-2H3,(H2,17,18,20). The Bertz CT molecular complexity index is 672. The summed E-state index contributed by atoms with van der Waals surface area (Å²) in [6, 6.07) is 0. The number of fused-ring (bicyclic) bond motifs is 1. The second kappa shape index (κ2) is 7.94. The Kier molecular flexibility index (Phi) is 5.45. The molecule has 8 heteroatoms. The molecule has 1 fully saturated rings. The van der Waals surface area contributed by atoms with Gasteiger partial charge in [0.05, 0.1) is 0 Å². The number of hydrogen-bond donors (Lipinski definition) is 2. The molecule has 0 radical (unpaired) electrons. The second-order valence-electron chi connectivity index (χ2n) is 6.02. The van der Waals surface area contributed by atoms with Crippen molar-refractivity contribution in [3.63, 3.8) is 0 Å². The largest absolute Gasteiger partial charge is 0.357 e. The molecule has 1 aliphatic rings. The number of hydrogen-bond acceptors (Lipinski definition) is 5. The second-order valence-corrected chi connectivity index (χ2v) is 6.02. The van der Waals surface area contributed by atoms with Crippen molar-refractivity contribution >= 4 is 17.4 Å². The Morgan fingerprint density at radius 3 is 2.96 bits per heavy atom. The van der Waals surface area contributed by atoms with Crippen molar-refractivity contribution in [2.75, 3.05) is 37.6 Å². The minimum Gasteiger partial charge on any atom is -0.357 e. The maximum absolute atomic E-state index is 4.72. The smallest absolute Gasteiger partial charge is 0.203 e. The summed E-state index contributed by atoms with van der Waals surface area (Å²) < 4.78 is 1.92. The van der Waals surface area contributed by atoms with Gasteiger partial charge < -0.3 is 15.5 Å². The maximum Gasteiger partial charge on any atom is 0.203 e. The van der Waals surface area contributed by atoms with Gasteiger partial charge in [-0.3, -0.25) is 9.39 Å². The van der Waals surface area contributed by atoms with Crippen LogP contribution in [0.3, 0.4) is 0 Å². The van der Waals surface area contributed by atoms with Crippen LogP contribution < -0.4 is 15.5 Å². The van der Waals surface area contributed by atoms with E-state index in [-0.39, 0.29) is 0 Å². The Hall–Kier alpha value is -2.38. The van der Waals surface area contributed by atoms with Crippen molar-refractivity contribution in [1.29, 1.82) is 0 Å². The van der Waals surface area contributed by atoms with E-state index in [9.17, 15) is 0 Å². The average molecular weight is 330 g/mol. The zero-order valence-corrected chi connectivity index (χ0v) is 14.4. The third-order valence-corrected chi connectivity index (χ3v) is 4.21. The van der Waals surface area contributed by atoms with Crippen LogP contribution in [-0.4, -0.2) is 58.3 Å². The van der Waals surface area contributed by atoms with Gasteiger partial charge in [-0.2, -0.15) is 0 Å². The lowest BCUT2D eigenvalue weighted by Crippen LogP contribution is -2.40. The van der Waals surface area contributed by atoms with Crippen LogP contribution in [-0.2, 0) is 0 Å². The van der Waals surface area contributed by atoms with Gasteiger partial charge in [-0.15, -0.1) is 10.2 Å². The number of aromatic nitrogens is 4. The molecule has 8 nitrogen and oxygen atoms in total. The minimum absolute atomic E-state index is 0.524. The fourth-order valence-electron chi connectivity index (χ4n) is 3.10. The summed E-state index contributed by atoms with van der Waals surface area (Å²) in [5.41, 5.74) is 0.822. The van der Waals surface area contributed by atoms with Gasteiger partial charge in [0, 0.05) is 45.1 Å². The third-order valence-electron chi connectivity index (χ3n) is 4.21. The van der Waals surface area contributed by atoms with Crippen LogP contribution >= 0.6 is 0 Å². The Morgan fingerprint density at radius 1 is 1.33 bits per heavy atom. The highest BCUT2D eigenvalue weighted by molar-refractivity contribution is 5.79.